The smallest absolute Gasteiger partial charge is 0.243 e. The zero-order chi connectivity index (χ0) is 26.8. The Labute approximate surface area is 224 Å². The summed E-state index contributed by atoms with van der Waals surface area (Å²) in [6.45, 7) is 5.53. The van der Waals surface area contributed by atoms with Crippen molar-refractivity contribution in [3.8, 4) is 11.6 Å². The quantitative estimate of drug-likeness (QED) is 0.284. The summed E-state index contributed by atoms with van der Waals surface area (Å²) in [4.78, 5) is 25.1. The fourth-order valence-corrected chi connectivity index (χ4v) is 4.74. The zero-order valence-corrected chi connectivity index (χ0v) is 21.3. The molecule has 2 aromatic carbocycles. The number of aromatic nitrogens is 6. The van der Waals surface area contributed by atoms with Crippen LogP contribution in [-0.2, 0) is 4.79 Å². The molecule has 39 heavy (non-hydrogen) atoms. The largest absolute Gasteiger partial charge is 0.439 e. The van der Waals surface area contributed by atoms with Crippen LogP contribution in [0, 0.1) is 6.92 Å². The van der Waals surface area contributed by atoms with Gasteiger partial charge < -0.3 is 15.4 Å². The van der Waals surface area contributed by atoms with Gasteiger partial charge in [-0.3, -0.25) is 9.20 Å². The van der Waals surface area contributed by atoms with E-state index < -0.39 is 0 Å². The van der Waals surface area contributed by atoms with Crippen LogP contribution in [0.25, 0.3) is 22.1 Å². The Balaban J connectivity index is 1.23. The van der Waals surface area contributed by atoms with Crippen LogP contribution < -0.4 is 15.4 Å². The van der Waals surface area contributed by atoms with Crippen molar-refractivity contribution in [2.75, 3.05) is 5.32 Å². The Morgan fingerprint density at radius 3 is 2.92 bits per heavy atom. The first-order chi connectivity index (χ1) is 19.1. The second kappa shape index (κ2) is 10.3. The SMILES string of the molecule is C=CC(=O)NC1CCC=C(c2ccc3ncnc(Nc4ccc(Oc5cc6nncn6cn5)c(C)c4)c3c2)C1. The Morgan fingerprint density at radius 1 is 1.13 bits per heavy atom. The molecule has 0 bridgehead atoms. The molecule has 0 aliphatic heterocycles. The Hall–Kier alpha value is -5.12. The van der Waals surface area contributed by atoms with Crippen LogP contribution in [0.2, 0.25) is 0 Å². The van der Waals surface area contributed by atoms with Gasteiger partial charge in [-0.2, -0.15) is 0 Å². The summed E-state index contributed by atoms with van der Waals surface area (Å²) in [5, 5.41) is 15.3. The second-order valence-electron chi connectivity index (χ2n) is 9.41. The summed E-state index contributed by atoms with van der Waals surface area (Å²) in [6, 6.07) is 13.8. The third-order valence-electron chi connectivity index (χ3n) is 6.73. The molecule has 10 heteroatoms. The molecule has 3 aromatic heterocycles. The number of anilines is 2. The number of rotatable bonds is 7. The molecule has 0 radical (unpaired) electrons. The minimum Gasteiger partial charge on any atom is -0.439 e. The predicted molar refractivity (Wildman–Crippen MR) is 149 cm³/mol. The summed E-state index contributed by atoms with van der Waals surface area (Å²) >= 11 is 0. The van der Waals surface area contributed by atoms with Gasteiger partial charge >= 0.3 is 0 Å². The highest BCUT2D eigenvalue weighted by Gasteiger charge is 2.18. The van der Waals surface area contributed by atoms with Crippen LogP contribution in [0.4, 0.5) is 11.5 Å². The van der Waals surface area contributed by atoms with Crippen LogP contribution in [0.3, 0.4) is 0 Å². The number of fused-ring (bicyclic) bond motifs is 2. The Kier molecular flexibility index (Phi) is 6.42. The van der Waals surface area contributed by atoms with Gasteiger partial charge in [-0.1, -0.05) is 18.7 Å². The number of ether oxygens (including phenoxy) is 1. The minimum atomic E-state index is -0.140. The number of benzene rings is 2. The van der Waals surface area contributed by atoms with Crippen molar-refractivity contribution in [3.05, 3.63) is 91.3 Å². The maximum atomic E-state index is 11.8. The van der Waals surface area contributed by atoms with Crippen LogP contribution in [0.1, 0.15) is 30.4 Å². The van der Waals surface area contributed by atoms with E-state index in [1.165, 1.54) is 11.6 Å². The highest BCUT2D eigenvalue weighted by molar-refractivity contribution is 5.93. The van der Waals surface area contributed by atoms with Crippen molar-refractivity contribution in [1.29, 1.82) is 0 Å². The molecule has 5 aromatic rings. The van der Waals surface area contributed by atoms with E-state index in [0.29, 0.717) is 23.1 Å². The molecule has 0 spiro atoms. The van der Waals surface area contributed by atoms with E-state index in [9.17, 15) is 4.79 Å². The number of nitrogens with zero attached hydrogens (tertiary/aromatic N) is 6. The topological polar surface area (TPSA) is 119 Å². The highest BCUT2D eigenvalue weighted by Crippen LogP contribution is 2.33. The van der Waals surface area contributed by atoms with Gasteiger partial charge in [0.05, 0.1) is 5.52 Å². The lowest BCUT2D eigenvalue weighted by Gasteiger charge is -2.24. The van der Waals surface area contributed by atoms with Crippen LogP contribution in [-0.4, -0.2) is 41.5 Å². The van der Waals surface area contributed by atoms with Gasteiger partial charge in [-0.25, -0.2) is 15.0 Å². The molecule has 1 aliphatic carbocycles. The molecule has 0 saturated carbocycles. The lowest BCUT2D eigenvalue weighted by molar-refractivity contribution is -0.117. The number of aryl methyl sites for hydroxylation is 1. The minimum absolute atomic E-state index is 0.0908. The molecule has 0 fully saturated rings. The van der Waals surface area contributed by atoms with Crippen LogP contribution >= 0.6 is 0 Å². The molecule has 3 heterocycles. The normalized spacial score (nSPS) is 15.1. The van der Waals surface area contributed by atoms with E-state index in [1.54, 1.807) is 29.4 Å². The first-order valence-electron chi connectivity index (χ1n) is 12.6. The molecule has 6 rings (SSSR count). The van der Waals surface area contributed by atoms with Crippen molar-refractivity contribution < 1.29 is 9.53 Å². The molecule has 10 nitrogen and oxygen atoms in total. The number of carbonyl (C=O) groups is 1. The Morgan fingerprint density at radius 2 is 2.05 bits per heavy atom. The number of nitrogens with one attached hydrogen (secondary N) is 2. The molecule has 1 atom stereocenters. The van der Waals surface area contributed by atoms with Gasteiger partial charge in [0.1, 0.15) is 30.5 Å². The highest BCUT2D eigenvalue weighted by atomic mass is 16.5. The van der Waals surface area contributed by atoms with E-state index >= 15 is 0 Å². The van der Waals surface area contributed by atoms with Gasteiger partial charge in [0.2, 0.25) is 11.8 Å². The average Bonchev–Trinajstić information content (AvgIpc) is 3.43. The fourth-order valence-electron chi connectivity index (χ4n) is 4.74. The van der Waals surface area contributed by atoms with E-state index in [2.05, 4.69) is 60.6 Å². The van der Waals surface area contributed by atoms with Gasteiger partial charge in [-0.05, 0) is 79.3 Å². The molecule has 0 saturated heterocycles. The van der Waals surface area contributed by atoms with E-state index in [1.807, 2.05) is 31.2 Å². The molecule has 194 valence electrons. The van der Waals surface area contributed by atoms with Gasteiger partial charge in [-0.15, -0.1) is 10.2 Å². The van der Waals surface area contributed by atoms with Crippen LogP contribution in [0.5, 0.6) is 11.6 Å². The number of amides is 1. The maximum absolute atomic E-state index is 11.8. The van der Waals surface area contributed by atoms with Gasteiger partial charge in [0.15, 0.2) is 5.65 Å². The summed E-state index contributed by atoms with van der Waals surface area (Å²) in [7, 11) is 0. The van der Waals surface area contributed by atoms with Gasteiger partial charge in [0.25, 0.3) is 0 Å². The third-order valence-corrected chi connectivity index (χ3v) is 6.73. The fraction of sp³-hybridized carbons (Fsp3) is 0.172. The van der Waals surface area contributed by atoms with Crippen molar-refractivity contribution >= 4 is 39.5 Å². The summed E-state index contributed by atoms with van der Waals surface area (Å²) < 4.78 is 7.72. The third kappa shape index (κ3) is 5.17. The number of hydrogen-bond acceptors (Lipinski definition) is 8. The molecule has 2 N–H and O–H groups in total. The van der Waals surface area contributed by atoms with Crippen molar-refractivity contribution in [3.63, 3.8) is 0 Å². The second-order valence-corrected chi connectivity index (χ2v) is 9.41. The van der Waals surface area contributed by atoms with Crippen LogP contribution in [0.15, 0.2) is 80.2 Å². The number of hydrogen-bond donors (Lipinski definition) is 2. The number of allylic oxidation sites excluding steroid dienone is 1. The first kappa shape index (κ1) is 24.2. The van der Waals surface area contributed by atoms with Crippen molar-refractivity contribution in [1.82, 2.24) is 34.9 Å². The Bertz CT molecular complexity index is 1740. The lowest BCUT2D eigenvalue weighted by atomic mass is 9.89. The average molecular weight is 519 g/mol. The first-order valence-corrected chi connectivity index (χ1v) is 12.6. The van der Waals surface area contributed by atoms with Crippen molar-refractivity contribution in [2.24, 2.45) is 0 Å². The zero-order valence-electron chi connectivity index (χ0n) is 21.3. The molecule has 1 unspecified atom stereocenters. The molecule has 1 amide bonds. The predicted octanol–water partition coefficient (Wildman–Crippen LogP) is 5.15. The summed E-state index contributed by atoms with van der Waals surface area (Å²) in [5.41, 5.74) is 5.60. The summed E-state index contributed by atoms with van der Waals surface area (Å²) in [6.07, 6.45) is 10.9. The van der Waals surface area contributed by atoms with E-state index in [-0.39, 0.29) is 11.9 Å². The maximum Gasteiger partial charge on any atom is 0.243 e. The molecule has 1 aliphatic rings. The van der Waals surface area contributed by atoms with Crippen molar-refractivity contribution in [2.45, 2.75) is 32.2 Å². The summed E-state index contributed by atoms with van der Waals surface area (Å²) in [5.74, 6) is 1.70. The monoisotopic (exact) mass is 518 g/mol. The molecular formula is C29H26N8O2. The standard InChI is InChI=1S/C29H26N8O2/c1-3-27(38)34-21-6-4-5-19(12-21)20-7-9-24-23(13-20)29(31-15-30-24)35-22-8-10-25(18(2)11-22)39-28-14-26-36-33-17-37(26)16-32-28/h3,5,7-11,13-17,21H,1,4,6,12H2,2H3,(H,34,38)(H,30,31,35). The lowest BCUT2D eigenvalue weighted by Crippen LogP contribution is -2.34. The number of carbonyl (C=O) groups excluding carboxylic acids is 1. The molecular weight excluding hydrogens is 492 g/mol. The van der Waals surface area contributed by atoms with E-state index in [4.69, 9.17) is 4.74 Å². The van der Waals surface area contributed by atoms with E-state index in [0.717, 1.165) is 47.0 Å². The van der Waals surface area contributed by atoms with Gasteiger partial charge in [0, 0.05) is 23.2 Å².